The van der Waals surface area contributed by atoms with Crippen LogP contribution in [0.4, 0.5) is 4.39 Å². The molecule has 1 aromatic carbocycles. The lowest BCUT2D eigenvalue weighted by Crippen LogP contribution is -2.53. The second-order valence-electron chi connectivity index (χ2n) is 4.87. The van der Waals surface area contributed by atoms with Gasteiger partial charge in [0.1, 0.15) is 11.9 Å². The van der Waals surface area contributed by atoms with E-state index in [1.807, 2.05) is 17.9 Å². The molecule has 112 valence electrons. The van der Waals surface area contributed by atoms with Gasteiger partial charge in [0, 0.05) is 25.2 Å². The highest BCUT2D eigenvalue weighted by Crippen LogP contribution is 2.16. The summed E-state index contributed by atoms with van der Waals surface area (Å²) in [6.07, 6.45) is 0. The number of hydrogen-bond donors (Lipinski definition) is 1. The summed E-state index contributed by atoms with van der Waals surface area (Å²) < 4.78 is 19.2. The molecule has 0 radical (unpaired) electrons. The van der Waals surface area contributed by atoms with Crippen LogP contribution in [0.2, 0.25) is 0 Å². The molecular formula is C15H18FN3O2. The number of benzene rings is 1. The minimum Gasteiger partial charge on any atom is -0.378 e. The number of likely N-dealkylation sites (N-methyl/N-ethyl adjacent to an activating group) is 1. The number of halogens is 1. The maximum atomic E-state index is 13.9. The van der Waals surface area contributed by atoms with Gasteiger partial charge < -0.3 is 10.1 Å². The van der Waals surface area contributed by atoms with E-state index in [-0.39, 0.29) is 18.3 Å². The second kappa shape index (κ2) is 7.16. The van der Waals surface area contributed by atoms with Gasteiger partial charge in [0.2, 0.25) is 5.91 Å². The lowest BCUT2D eigenvalue weighted by molar-refractivity contribution is -0.132. The number of carbonyl (C=O) groups is 1. The van der Waals surface area contributed by atoms with Crippen LogP contribution in [0.1, 0.15) is 18.1 Å². The first-order valence-electron chi connectivity index (χ1n) is 6.93. The van der Waals surface area contributed by atoms with Crippen LogP contribution in [0, 0.1) is 17.1 Å². The highest BCUT2D eigenvalue weighted by molar-refractivity contribution is 5.81. The molecule has 1 aromatic rings. The molecule has 1 saturated heterocycles. The van der Waals surface area contributed by atoms with Crippen molar-refractivity contribution >= 4 is 5.91 Å². The summed E-state index contributed by atoms with van der Waals surface area (Å²) in [5.41, 5.74) is 0.833. The third kappa shape index (κ3) is 3.78. The normalized spacial score (nSPS) is 19.0. The average molecular weight is 291 g/mol. The molecule has 2 rings (SSSR count). The van der Waals surface area contributed by atoms with Gasteiger partial charge in [-0.2, -0.15) is 5.26 Å². The first-order chi connectivity index (χ1) is 10.2. The van der Waals surface area contributed by atoms with Gasteiger partial charge in [0.05, 0.1) is 24.8 Å². The molecule has 21 heavy (non-hydrogen) atoms. The van der Waals surface area contributed by atoms with Gasteiger partial charge in [-0.25, -0.2) is 4.39 Å². The first kappa shape index (κ1) is 15.4. The van der Waals surface area contributed by atoms with E-state index in [1.54, 1.807) is 0 Å². The van der Waals surface area contributed by atoms with Gasteiger partial charge in [0.15, 0.2) is 0 Å². The average Bonchev–Trinajstić information content (AvgIpc) is 2.50. The first-order valence-corrected chi connectivity index (χ1v) is 6.93. The summed E-state index contributed by atoms with van der Waals surface area (Å²) in [6.45, 7) is 4.04. The van der Waals surface area contributed by atoms with Crippen molar-refractivity contribution in [1.82, 2.24) is 10.2 Å². The number of nitrogens with one attached hydrogen (secondary N) is 1. The predicted octanol–water partition coefficient (Wildman–Crippen LogP) is 1.03. The molecule has 1 N–H and O–H groups in total. The number of rotatable bonds is 4. The van der Waals surface area contributed by atoms with Crippen molar-refractivity contribution in [2.75, 3.05) is 26.3 Å². The molecule has 1 amide bonds. The van der Waals surface area contributed by atoms with E-state index >= 15 is 0 Å². The lowest BCUT2D eigenvalue weighted by Gasteiger charge is -2.34. The van der Waals surface area contributed by atoms with Crippen LogP contribution in [0.15, 0.2) is 18.2 Å². The van der Waals surface area contributed by atoms with Crippen molar-refractivity contribution in [3.63, 3.8) is 0 Å². The number of amides is 1. The lowest BCUT2D eigenvalue weighted by atomic mass is 10.1. The Balaban J connectivity index is 2.16. The van der Waals surface area contributed by atoms with Gasteiger partial charge in [-0.1, -0.05) is 0 Å². The van der Waals surface area contributed by atoms with E-state index in [1.165, 1.54) is 18.2 Å². The van der Waals surface area contributed by atoms with Crippen LogP contribution in [0.5, 0.6) is 0 Å². The highest BCUT2D eigenvalue weighted by atomic mass is 19.1. The molecule has 1 fully saturated rings. The van der Waals surface area contributed by atoms with E-state index in [0.29, 0.717) is 37.4 Å². The summed E-state index contributed by atoms with van der Waals surface area (Å²) >= 11 is 0. The Bertz CT molecular complexity index is 556. The summed E-state index contributed by atoms with van der Waals surface area (Å²) in [5.74, 6) is -0.482. The summed E-state index contributed by atoms with van der Waals surface area (Å²) in [4.78, 5) is 13.9. The van der Waals surface area contributed by atoms with Crippen LogP contribution in [0.25, 0.3) is 0 Å². The zero-order chi connectivity index (χ0) is 15.2. The van der Waals surface area contributed by atoms with Crippen LogP contribution in [-0.4, -0.2) is 43.2 Å². The summed E-state index contributed by atoms with van der Waals surface area (Å²) in [7, 11) is 0. The van der Waals surface area contributed by atoms with Crippen molar-refractivity contribution in [1.29, 1.82) is 5.26 Å². The Kier molecular flexibility index (Phi) is 5.26. The minimum absolute atomic E-state index is 0.117. The second-order valence-corrected chi connectivity index (χ2v) is 4.87. The molecule has 0 saturated carbocycles. The van der Waals surface area contributed by atoms with Gasteiger partial charge in [-0.3, -0.25) is 9.69 Å². The van der Waals surface area contributed by atoms with Crippen molar-refractivity contribution in [3.05, 3.63) is 35.1 Å². The number of morpholine rings is 1. The van der Waals surface area contributed by atoms with Gasteiger partial charge in [0.25, 0.3) is 0 Å². The molecule has 1 heterocycles. The summed E-state index contributed by atoms with van der Waals surface area (Å²) in [6, 6.07) is 5.83. The fourth-order valence-corrected chi connectivity index (χ4v) is 2.35. The maximum absolute atomic E-state index is 13.9. The van der Waals surface area contributed by atoms with Gasteiger partial charge in [-0.05, 0) is 25.1 Å². The van der Waals surface area contributed by atoms with Crippen LogP contribution in [-0.2, 0) is 16.1 Å². The molecule has 1 unspecified atom stereocenters. The fraction of sp³-hybridized carbons (Fsp3) is 0.467. The SMILES string of the molecule is CCNC(=O)C1COCCN1Cc1cc(C#N)ccc1F. The molecular weight excluding hydrogens is 273 g/mol. The van der Waals surface area contributed by atoms with Crippen molar-refractivity contribution in [3.8, 4) is 6.07 Å². The molecule has 6 heteroatoms. The van der Waals surface area contributed by atoms with E-state index in [2.05, 4.69) is 5.32 Å². The zero-order valence-electron chi connectivity index (χ0n) is 11.9. The Hall–Kier alpha value is -1.97. The third-order valence-electron chi connectivity index (χ3n) is 3.44. The highest BCUT2D eigenvalue weighted by Gasteiger charge is 2.29. The molecule has 5 nitrogen and oxygen atoms in total. The monoisotopic (exact) mass is 291 g/mol. The van der Waals surface area contributed by atoms with Crippen LogP contribution in [0.3, 0.4) is 0 Å². The van der Waals surface area contributed by atoms with Gasteiger partial charge in [-0.15, -0.1) is 0 Å². The van der Waals surface area contributed by atoms with Gasteiger partial charge >= 0.3 is 0 Å². The van der Waals surface area contributed by atoms with Crippen molar-refractivity contribution in [2.45, 2.75) is 19.5 Å². The largest absolute Gasteiger partial charge is 0.378 e. The zero-order valence-corrected chi connectivity index (χ0v) is 11.9. The minimum atomic E-state index is -0.427. The Morgan fingerprint density at radius 3 is 3.14 bits per heavy atom. The van der Waals surface area contributed by atoms with E-state index in [0.717, 1.165) is 0 Å². The smallest absolute Gasteiger partial charge is 0.239 e. The molecule has 0 bridgehead atoms. The van der Waals surface area contributed by atoms with Crippen molar-refractivity contribution < 1.29 is 13.9 Å². The number of nitrogens with zero attached hydrogens (tertiary/aromatic N) is 2. The van der Waals surface area contributed by atoms with Crippen molar-refractivity contribution in [2.24, 2.45) is 0 Å². The molecule has 0 aliphatic carbocycles. The standard InChI is InChI=1S/C15H18FN3O2/c1-2-18-15(20)14-10-21-6-5-19(14)9-12-7-11(8-17)3-4-13(12)16/h3-4,7,14H,2,5-6,9-10H2,1H3,(H,18,20). The van der Waals surface area contributed by atoms with E-state index in [9.17, 15) is 9.18 Å². The van der Waals surface area contributed by atoms with Crippen LogP contribution >= 0.6 is 0 Å². The Morgan fingerprint density at radius 1 is 1.62 bits per heavy atom. The fourth-order valence-electron chi connectivity index (χ4n) is 2.35. The molecule has 1 aliphatic heterocycles. The Morgan fingerprint density at radius 2 is 2.43 bits per heavy atom. The maximum Gasteiger partial charge on any atom is 0.239 e. The Labute approximate surface area is 123 Å². The molecule has 1 atom stereocenters. The van der Waals surface area contributed by atoms with Crippen LogP contribution < -0.4 is 5.32 Å². The predicted molar refractivity (Wildman–Crippen MR) is 74.8 cm³/mol. The molecule has 0 spiro atoms. The molecule has 0 aromatic heterocycles. The number of ether oxygens (including phenoxy) is 1. The number of hydrogen-bond acceptors (Lipinski definition) is 4. The van der Waals surface area contributed by atoms with E-state index < -0.39 is 6.04 Å². The number of nitriles is 1. The third-order valence-corrected chi connectivity index (χ3v) is 3.44. The molecule has 1 aliphatic rings. The topological polar surface area (TPSA) is 65.4 Å². The van der Waals surface area contributed by atoms with E-state index in [4.69, 9.17) is 10.00 Å². The summed E-state index contributed by atoms with van der Waals surface area (Å²) in [5, 5.41) is 11.7. The quantitative estimate of drug-likeness (QED) is 0.900. The number of carbonyl (C=O) groups excluding carboxylic acids is 1.